The third-order valence-electron chi connectivity index (χ3n) is 3.04. The Morgan fingerprint density at radius 2 is 1.87 bits per heavy atom. The van der Waals surface area contributed by atoms with Crippen molar-refractivity contribution in [1.29, 1.82) is 0 Å². The molecule has 0 aromatic heterocycles. The van der Waals surface area contributed by atoms with Gasteiger partial charge in [0.15, 0.2) is 0 Å². The molecule has 0 aliphatic rings. The number of benzene rings is 2. The first-order valence-electron chi connectivity index (χ1n) is 5.74. The summed E-state index contributed by atoms with van der Waals surface area (Å²) >= 11 is 0. The summed E-state index contributed by atoms with van der Waals surface area (Å²) in [7, 11) is 0. The highest BCUT2D eigenvalue weighted by atomic mass is 14.1. The van der Waals surface area contributed by atoms with Crippen LogP contribution in [0.4, 0.5) is 0 Å². The molecular formula is C15H18. The molecule has 0 atom stereocenters. The Hall–Kier alpha value is -1.30. The molecule has 0 saturated heterocycles. The normalized spacial score (nSPS) is 11.2. The lowest BCUT2D eigenvalue weighted by atomic mass is 9.96. The van der Waals surface area contributed by atoms with Crippen molar-refractivity contribution in [3.05, 3.63) is 47.5 Å². The zero-order chi connectivity index (χ0) is 10.8. The van der Waals surface area contributed by atoms with Crippen LogP contribution in [-0.2, 0) is 6.42 Å². The summed E-state index contributed by atoms with van der Waals surface area (Å²) < 4.78 is 0. The van der Waals surface area contributed by atoms with Crippen LogP contribution in [0.2, 0.25) is 0 Å². The van der Waals surface area contributed by atoms with Crippen molar-refractivity contribution >= 4 is 10.8 Å². The maximum Gasteiger partial charge on any atom is -0.0152 e. The summed E-state index contributed by atoms with van der Waals surface area (Å²) in [6.45, 7) is 6.70. The number of rotatable bonds is 2. The molecule has 0 bridgehead atoms. The zero-order valence-electron chi connectivity index (χ0n) is 9.75. The van der Waals surface area contributed by atoms with Crippen molar-refractivity contribution in [2.75, 3.05) is 0 Å². The van der Waals surface area contributed by atoms with Gasteiger partial charge in [0.25, 0.3) is 0 Å². The molecule has 0 aliphatic carbocycles. The number of aryl methyl sites for hydroxylation is 1. The van der Waals surface area contributed by atoms with Crippen LogP contribution in [0, 0.1) is 0 Å². The molecule has 0 heterocycles. The van der Waals surface area contributed by atoms with Gasteiger partial charge in [-0.3, -0.25) is 0 Å². The number of hydrogen-bond acceptors (Lipinski definition) is 0. The highest BCUT2D eigenvalue weighted by molar-refractivity contribution is 5.86. The van der Waals surface area contributed by atoms with Gasteiger partial charge in [0, 0.05) is 0 Å². The Balaban J connectivity index is 2.63. The Kier molecular flexibility index (Phi) is 2.77. The maximum absolute atomic E-state index is 2.32. The quantitative estimate of drug-likeness (QED) is 0.665. The molecule has 2 aromatic rings. The van der Waals surface area contributed by atoms with E-state index >= 15 is 0 Å². The molecule has 0 heteroatoms. The van der Waals surface area contributed by atoms with Crippen LogP contribution in [0.25, 0.3) is 10.8 Å². The van der Waals surface area contributed by atoms with Crippen molar-refractivity contribution < 1.29 is 0 Å². The average Bonchev–Trinajstić information content (AvgIpc) is 2.27. The zero-order valence-corrected chi connectivity index (χ0v) is 9.75. The van der Waals surface area contributed by atoms with Gasteiger partial charge in [0.05, 0.1) is 0 Å². The Bertz CT molecular complexity index is 466. The predicted octanol–water partition coefficient (Wildman–Crippen LogP) is 4.53. The van der Waals surface area contributed by atoms with Crippen LogP contribution in [0.1, 0.15) is 37.8 Å². The van der Waals surface area contributed by atoms with Crippen molar-refractivity contribution in [2.45, 2.75) is 33.1 Å². The highest BCUT2D eigenvalue weighted by Crippen LogP contribution is 2.24. The first kappa shape index (κ1) is 10.2. The van der Waals surface area contributed by atoms with Gasteiger partial charge in [-0.2, -0.15) is 0 Å². The third kappa shape index (κ3) is 1.90. The van der Waals surface area contributed by atoms with E-state index in [9.17, 15) is 0 Å². The van der Waals surface area contributed by atoms with E-state index in [2.05, 4.69) is 57.2 Å². The van der Waals surface area contributed by atoms with Crippen LogP contribution in [-0.4, -0.2) is 0 Å². The van der Waals surface area contributed by atoms with Gasteiger partial charge in [0.1, 0.15) is 0 Å². The van der Waals surface area contributed by atoms with E-state index in [4.69, 9.17) is 0 Å². The van der Waals surface area contributed by atoms with Gasteiger partial charge < -0.3 is 0 Å². The molecule has 0 unspecified atom stereocenters. The largest absolute Gasteiger partial charge is 0.0614 e. The maximum atomic E-state index is 2.32. The van der Waals surface area contributed by atoms with Gasteiger partial charge in [-0.25, -0.2) is 0 Å². The Labute approximate surface area is 91.9 Å². The van der Waals surface area contributed by atoms with Crippen molar-refractivity contribution in [3.63, 3.8) is 0 Å². The second-order valence-electron chi connectivity index (χ2n) is 4.41. The number of hydrogen-bond donors (Lipinski definition) is 0. The standard InChI is InChI=1S/C15H18/c1-4-12-6-5-7-14-10-13(11(2)3)8-9-15(12)14/h5-11H,4H2,1-3H3. The molecule has 78 valence electrons. The lowest BCUT2D eigenvalue weighted by molar-refractivity contribution is 0.868. The second kappa shape index (κ2) is 4.06. The van der Waals surface area contributed by atoms with Gasteiger partial charge in [0.2, 0.25) is 0 Å². The molecule has 2 rings (SSSR count). The lowest BCUT2D eigenvalue weighted by Gasteiger charge is -2.09. The van der Waals surface area contributed by atoms with E-state index in [0.717, 1.165) is 6.42 Å². The molecule has 15 heavy (non-hydrogen) atoms. The monoisotopic (exact) mass is 198 g/mol. The summed E-state index contributed by atoms with van der Waals surface area (Å²) in [6.07, 6.45) is 1.11. The SMILES string of the molecule is CCc1cccc2cc(C(C)C)ccc12. The average molecular weight is 198 g/mol. The fourth-order valence-corrected chi connectivity index (χ4v) is 2.04. The van der Waals surface area contributed by atoms with E-state index in [1.807, 2.05) is 0 Å². The van der Waals surface area contributed by atoms with E-state index in [1.54, 1.807) is 0 Å². The highest BCUT2D eigenvalue weighted by Gasteiger charge is 2.02. The summed E-state index contributed by atoms with van der Waals surface area (Å²) in [5.74, 6) is 0.611. The molecule has 0 aliphatic heterocycles. The minimum atomic E-state index is 0.611. The molecule has 0 amide bonds. The molecular weight excluding hydrogens is 180 g/mol. The van der Waals surface area contributed by atoms with Gasteiger partial charge in [-0.1, -0.05) is 57.2 Å². The second-order valence-corrected chi connectivity index (χ2v) is 4.41. The van der Waals surface area contributed by atoms with Gasteiger partial charge in [-0.15, -0.1) is 0 Å². The topological polar surface area (TPSA) is 0 Å². The van der Waals surface area contributed by atoms with Crippen molar-refractivity contribution in [2.24, 2.45) is 0 Å². The summed E-state index contributed by atoms with van der Waals surface area (Å²) in [4.78, 5) is 0. The fraction of sp³-hybridized carbons (Fsp3) is 0.333. The van der Waals surface area contributed by atoms with Crippen LogP contribution < -0.4 is 0 Å². The van der Waals surface area contributed by atoms with Crippen LogP contribution in [0.5, 0.6) is 0 Å². The number of fused-ring (bicyclic) bond motifs is 1. The fourth-order valence-electron chi connectivity index (χ4n) is 2.04. The van der Waals surface area contributed by atoms with Crippen LogP contribution in [0.15, 0.2) is 36.4 Å². The van der Waals surface area contributed by atoms with Gasteiger partial charge >= 0.3 is 0 Å². The van der Waals surface area contributed by atoms with Crippen molar-refractivity contribution in [1.82, 2.24) is 0 Å². The minimum absolute atomic E-state index is 0.611. The summed E-state index contributed by atoms with van der Waals surface area (Å²) in [5, 5.41) is 2.78. The molecule has 0 fully saturated rings. The van der Waals surface area contributed by atoms with E-state index in [1.165, 1.54) is 21.9 Å². The van der Waals surface area contributed by atoms with E-state index in [-0.39, 0.29) is 0 Å². The van der Waals surface area contributed by atoms with Crippen molar-refractivity contribution in [3.8, 4) is 0 Å². The van der Waals surface area contributed by atoms with Crippen LogP contribution in [0.3, 0.4) is 0 Å². The Morgan fingerprint density at radius 3 is 2.53 bits per heavy atom. The molecule has 0 spiro atoms. The van der Waals surface area contributed by atoms with Gasteiger partial charge in [-0.05, 0) is 34.2 Å². The Morgan fingerprint density at radius 1 is 1.07 bits per heavy atom. The lowest BCUT2D eigenvalue weighted by Crippen LogP contribution is -1.89. The summed E-state index contributed by atoms with van der Waals surface area (Å²) in [6, 6.07) is 13.4. The van der Waals surface area contributed by atoms with E-state index in [0.29, 0.717) is 5.92 Å². The first-order chi connectivity index (χ1) is 7.22. The smallest absolute Gasteiger partial charge is 0.0152 e. The third-order valence-corrected chi connectivity index (χ3v) is 3.04. The van der Waals surface area contributed by atoms with Crippen LogP contribution >= 0.6 is 0 Å². The van der Waals surface area contributed by atoms with E-state index < -0.39 is 0 Å². The molecule has 2 aromatic carbocycles. The minimum Gasteiger partial charge on any atom is -0.0614 e. The summed E-state index contributed by atoms with van der Waals surface area (Å²) in [5.41, 5.74) is 2.87. The molecule has 0 N–H and O–H groups in total. The molecule has 0 nitrogen and oxygen atoms in total. The predicted molar refractivity (Wildman–Crippen MR) is 67.4 cm³/mol. The molecule has 0 radical (unpaired) electrons. The first-order valence-corrected chi connectivity index (χ1v) is 5.74. The molecule has 0 saturated carbocycles.